The molecule has 4 rings (SSSR count). The lowest BCUT2D eigenvalue weighted by Crippen LogP contribution is -2.58. The molecule has 0 unspecified atom stereocenters. The van der Waals surface area contributed by atoms with Crippen LogP contribution in [0.5, 0.6) is 0 Å². The van der Waals surface area contributed by atoms with E-state index in [1.54, 1.807) is 0 Å². The summed E-state index contributed by atoms with van der Waals surface area (Å²) in [5.41, 5.74) is 2.00. The fourth-order valence-corrected chi connectivity index (χ4v) is 3.79. The Kier molecular flexibility index (Phi) is 4.04. The van der Waals surface area contributed by atoms with Crippen molar-refractivity contribution in [2.75, 3.05) is 26.7 Å². The predicted molar refractivity (Wildman–Crippen MR) is 97.6 cm³/mol. The smallest absolute Gasteiger partial charge is 0.239 e. The number of amides is 1. The van der Waals surface area contributed by atoms with E-state index in [4.69, 9.17) is 0 Å². The monoisotopic (exact) mass is 341 g/mol. The summed E-state index contributed by atoms with van der Waals surface area (Å²) >= 11 is 0. The lowest BCUT2D eigenvalue weighted by atomic mass is 10.0. The third-order valence-corrected chi connectivity index (χ3v) is 5.43. The lowest BCUT2D eigenvalue weighted by molar-refractivity contribution is -0.128. The predicted octanol–water partition coefficient (Wildman–Crippen LogP) is 1.47. The van der Waals surface area contributed by atoms with Gasteiger partial charge in [0, 0.05) is 25.8 Å². The second-order valence-electron chi connectivity index (χ2n) is 7.89. The van der Waals surface area contributed by atoms with Crippen molar-refractivity contribution in [1.82, 2.24) is 24.9 Å². The molecule has 2 fully saturated rings. The Hall–Kier alpha value is -1.92. The molecule has 6 heteroatoms. The van der Waals surface area contributed by atoms with Crippen LogP contribution >= 0.6 is 0 Å². The maximum absolute atomic E-state index is 12.8. The molecular weight excluding hydrogens is 314 g/mol. The Morgan fingerprint density at radius 1 is 1.40 bits per heavy atom. The minimum atomic E-state index is -0.538. The van der Waals surface area contributed by atoms with Crippen LogP contribution in [0.15, 0.2) is 24.5 Å². The van der Waals surface area contributed by atoms with E-state index in [9.17, 15) is 4.79 Å². The van der Waals surface area contributed by atoms with Gasteiger partial charge in [-0.05, 0) is 51.3 Å². The Labute approximate surface area is 148 Å². The molecule has 2 aromatic heterocycles. The van der Waals surface area contributed by atoms with E-state index in [1.807, 2.05) is 33.3 Å². The first-order chi connectivity index (χ1) is 12.0. The molecule has 1 atom stereocenters. The van der Waals surface area contributed by atoms with Crippen molar-refractivity contribution in [2.24, 2.45) is 0 Å². The number of nitrogens with zero attached hydrogens (tertiary/aromatic N) is 3. The quantitative estimate of drug-likeness (QED) is 0.884. The first kappa shape index (κ1) is 16.5. The van der Waals surface area contributed by atoms with E-state index < -0.39 is 5.54 Å². The van der Waals surface area contributed by atoms with E-state index in [2.05, 4.69) is 37.1 Å². The van der Waals surface area contributed by atoms with E-state index in [-0.39, 0.29) is 11.9 Å². The Morgan fingerprint density at radius 2 is 2.20 bits per heavy atom. The van der Waals surface area contributed by atoms with Crippen molar-refractivity contribution in [3.63, 3.8) is 0 Å². The molecule has 2 aliphatic rings. The van der Waals surface area contributed by atoms with Crippen LogP contribution in [-0.4, -0.2) is 52.9 Å². The molecule has 0 aromatic carbocycles. The molecule has 0 bridgehead atoms. The third-order valence-electron chi connectivity index (χ3n) is 5.43. The highest BCUT2D eigenvalue weighted by atomic mass is 16.2. The van der Waals surface area contributed by atoms with E-state index in [0.717, 1.165) is 18.9 Å². The highest BCUT2D eigenvalue weighted by Crippen LogP contribution is 2.42. The van der Waals surface area contributed by atoms with Crippen LogP contribution in [0, 0.1) is 0 Å². The van der Waals surface area contributed by atoms with Gasteiger partial charge in [0.2, 0.25) is 5.91 Å². The number of hydrogen-bond donors (Lipinski definition) is 2. The summed E-state index contributed by atoms with van der Waals surface area (Å²) < 4.78 is 2.14. The second kappa shape index (κ2) is 6.11. The van der Waals surface area contributed by atoms with Crippen LogP contribution in [0.25, 0.3) is 5.52 Å². The van der Waals surface area contributed by atoms with Crippen LogP contribution in [0.1, 0.15) is 44.0 Å². The van der Waals surface area contributed by atoms with Crippen LogP contribution < -0.4 is 10.6 Å². The second-order valence-corrected chi connectivity index (χ2v) is 7.89. The summed E-state index contributed by atoms with van der Waals surface area (Å²) in [5.74, 6) is 1.60. The summed E-state index contributed by atoms with van der Waals surface area (Å²) in [4.78, 5) is 19.6. The van der Waals surface area contributed by atoms with E-state index >= 15 is 0 Å². The number of fused-ring (bicyclic) bond motifs is 1. The molecule has 25 heavy (non-hydrogen) atoms. The number of aromatic nitrogens is 2. The Bertz CT molecular complexity index is 792. The first-order valence-electron chi connectivity index (χ1n) is 9.17. The van der Waals surface area contributed by atoms with Gasteiger partial charge in [-0.15, -0.1) is 0 Å². The van der Waals surface area contributed by atoms with Gasteiger partial charge < -0.3 is 15.0 Å². The van der Waals surface area contributed by atoms with Gasteiger partial charge in [0.05, 0.1) is 17.3 Å². The molecule has 1 amide bonds. The lowest BCUT2D eigenvalue weighted by Gasteiger charge is -2.35. The molecule has 2 N–H and O–H groups in total. The number of hydrogen-bond acceptors (Lipinski definition) is 4. The summed E-state index contributed by atoms with van der Waals surface area (Å²) in [6, 6.07) is 4.15. The highest BCUT2D eigenvalue weighted by molar-refractivity contribution is 5.83. The van der Waals surface area contributed by atoms with Crippen LogP contribution in [0.4, 0.5) is 0 Å². The number of likely N-dealkylation sites (N-methyl/N-ethyl adjacent to an activating group) is 1. The van der Waals surface area contributed by atoms with Gasteiger partial charge in [-0.1, -0.05) is 6.07 Å². The van der Waals surface area contributed by atoms with Gasteiger partial charge in [-0.3, -0.25) is 9.69 Å². The number of piperazine rings is 1. The van der Waals surface area contributed by atoms with Gasteiger partial charge in [0.25, 0.3) is 0 Å². The molecule has 1 aliphatic carbocycles. The standard InChI is InChI=1S/C19H27N5O/c1-19(2,22-17(25)16-11-20-8-10-23(16)3)18-21-12-15-14(13-6-7-13)5-4-9-24(15)18/h4-5,9,12-13,16,20H,6-8,10-11H2,1-3H3,(H,22,25)/t16-/m0/s1. The number of pyridine rings is 1. The maximum Gasteiger partial charge on any atom is 0.239 e. The molecular formula is C19H27N5O. The number of carbonyl (C=O) groups is 1. The molecule has 134 valence electrons. The summed E-state index contributed by atoms with van der Waals surface area (Å²) in [6.45, 7) is 6.56. The normalized spacial score (nSPS) is 22.3. The largest absolute Gasteiger partial charge is 0.343 e. The molecule has 0 radical (unpaired) electrons. The Morgan fingerprint density at radius 3 is 2.92 bits per heavy atom. The fourth-order valence-electron chi connectivity index (χ4n) is 3.79. The van der Waals surface area contributed by atoms with Crippen molar-refractivity contribution in [1.29, 1.82) is 0 Å². The minimum absolute atomic E-state index is 0.0507. The summed E-state index contributed by atoms with van der Waals surface area (Å²) in [5, 5.41) is 6.51. The number of nitrogens with one attached hydrogen (secondary N) is 2. The molecule has 2 aromatic rings. The average molecular weight is 341 g/mol. The SMILES string of the molecule is CN1CCNC[C@H]1C(=O)NC(C)(C)c1ncc2c(C3CC3)cccn12. The van der Waals surface area contributed by atoms with Crippen LogP contribution in [-0.2, 0) is 10.3 Å². The van der Waals surface area contributed by atoms with Crippen LogP contribution in [0.2, 0.25) is 0 Å². The van der Waals surface area contributed by atoms with Gasteiger partial charge in [-0.2, -0.15) is 0 Å². The van der Waals surface area contributed by atoms with Crippen molar-refractivity contribution in [3.8, 4) is 0 Å². The fraction of sp³-hybridized carbons (Fsp3) is 0.579. The zero-order chi connectivity index (χ0) is 17.6. The minimum Gasteiger partial charge on any atom is -0.343 e. The maximum atomic E-state index is 12.8. The van der Waals surface area contributed by atoms with Crippen LogP contribution in [0.3, 0.4) is 0 Å². The van der Waals surface area contributed by atoms with E-state index in [1.165, 1.54) is 23.9 Å². The van der Waals surface area contributed by atoms with Gasteiger partial charge in [-0.25, -0.2) is 4.98 Å². The van der Waals surface area contributed by atoms with Gasteiger partial charge >= 0.3 is 0 Å². The molecule has 1 aliphatic heterocycles. The van der Waals surface area contributed by atoms with Crippen molar-refractivity contribution < 1.29 is 4.79 Å². The molecule has 1 saturated carbocycles. The van der Waals surface area contributed by atoms with E-state index in [0.29, 0.717) is 12.5 Å². The first-order valence-corrected chi connectivity index (χ1v) is 9.17. The zero-order valence-corrected chi connectivity index (χ0v) is 15.2. The molecule has 0 spiro atoms. The average Bonchev–Trinajstić information content (AvgIpc) is 3.32. The molecule has 1 saturated heterocycles. The van der Waals surface area contributed by atoms with Crippen molar-refractivity contribution >= 4 is 11.4 Å². The Balaban J connectivity index is 1.60. The number of imidazole rings is 1. The number of carbonyl (C=O) groups excluding carboxylic acids is 1. The molecule has 3 heterocycles. The topological polar surface area (TPSA) is 61.7 Å². The highest BCUT2D eigenvalue weighted by Gasteiger charge is 2.34. The van der Waals surface area contributed by atoms with Gasteiger partial charge in [0.1, 0.15) is 11.9 Å². The van der Waals surface area contributed by atoms with Gasteiger partial charge in [0.15, 0.2) is 0 Å². The zero-order valence-electron chi connectivity index (χ0n) is 15.2. The summed E-state index contributed by atoms with van der Waals surface area (Å²) in [7, 11) is 2.00. The summed E-state index contributed by atoms with van der Waals surface area (Å²) in [6.07, 6.45) is 6.53. The van der Waals surface area contributed by atoms with Crippen molar-refractivity contribution in [2.45, 2.75) is 44.2 Å². The third kappa shape index (κ3) is 3.04. The molecule has 6 nitrogen and oxygen atoms in total. The number of rotatable bonds is 4. The van der Waals surface area contributed by atoms with Crippen molar-refractivity contribution in [3.05, 3.63) is 35.9 Å².